The van der Waals surface area contributed by atoms with Crippen LogP contribution in [0.15, 0.2) is 54.6 Å². The Kier molecular flexibility index (Phi) is 4.67. The number of nitrogens with zero attached hydrogens (tertiary/aromatic N) is 1. The third-order valence-electron chi connectivity index (χ3n) is 4.00. The molecule has 4 nitrogen and oxygen atoms in total. The van der Waals surface area contributed by atoms with Crippen LogP contribution in [0.1, 0.15) is 5.56 Å². The lowest BCUT2D eigenvalue weighted by atomic mass is 9.95. The number of rotatable bonds is 5. The molecule has 3 rings (SSSR count). The molecular weight excluding hydrogens is 335 g/mol. The molecule has 0 spiro atoms. The summed E-state index contributed by atoms with van der Waals surface area (Å²) in [4.78, 5) is 13.0. The van der Waals surface area contributed by atoms with Crippen LogP contribution in [0.25, 0.3) is 0 Å². The lowest BCUT2D eigenvalue weighted by molar-refractivity contribution is -0.202. The van der Waals surface area contributed by atoms with Crippen LogP contribution in [0.2, 0.25) is 0 Å². The first kappa shape index (κ1) is 17.3. The lowest BCUT2D eigenvalue weighted by Gasteiger charge is -2.46. The van der Waals surface area contributed by atoms with Crippen molar-refractivity contribution in [2.24, 2.45) is 0 Å². The monoisotopic (exact) mass is 351 g/mol. The minimum Gasteiger partial charge on any atom is -0.497 e. The van der Waals surface area contributed by atoms with Crippen molar-refractivity contribution in [3.63, 3.8) is 0 Å². The van der Waals surface area contributed by atoms with Gasteiger partial charge in [0.15, 0.2) is 12.1 Å². The Labute approximate surface area is 142 Å². The Bertz CT molecular complexity index is 731. The molecule has 1 saturated heterocycles. The molecule has 25 heavy (non-hydrogen) atoms. The quantitative estimate of drug-likeness (QED) is 0.773. The number of amides is 1. The van der Waals surface area contributed by atoms with Gasteiger partial charge in [-0.25, -0.2) is 0 Å². The van der Waals surface area contributed by atoms with Gasteiger partial charge in [0.2, 0.25) is 0 Å². The SMILES string of the molecule is COc1ccc(N2C(=O)[C@H](OCc3ccccc3)[C@@H]2C(F)(F)F)cc1. The number of halogens is 3. The predicted octanol–water partition coefficient (Wildman–Crippen LogP) is 3.56. The molecule has 2 aromatic carbocycles. The van der Waals surface area contributed by atoms with Crippen molar-refractivity contribution in [3.8, 4) is 5.75 Å². The number of ether oxygens (including phenoxy) is 2. The summed E-state index contributed by atoms with van der Waals surface area (Å²) in [5.41, 5.74) is 0.867. The van der Waals surface area contributed by atoms with Crippen molar-refractivity contribution in [1.29, 1.82) is 0 Å². The van der Waals surface area contributed by atoms with Crippen molar-refractivity contribution >= 4 is 11.6 Å². The second-order valence-corrected chi connectivity index (χ2v) is 5.61. The molecule has 0 N–H and O–H groups in total. The van der Waals surface area contributed by atoms with E-state index in [1.165, 1.54) is 31.4 Å². The first-order valence-corrected chi connectivity index (χ1v) is 7.61. The fourth-order valence-electron chi connectivity index (χ4n) is 2.73. The Hall–Kier alpha value is -2.54. The van der Waals surface area contributed by atoms with E-state index in [1.54, 1.807) is 30.3 Å². The zero-order valence-corrected chi connectivity index (χ0v) is 13.4. The molecule has 7 heteroatoms. The van der Waals surface area contributed by atoms with E-state index in [9.17, 15) is 18.0 Å². The van der Waals surface area contributed by atoms with Gasteiger partial charge in [0.25, 0.3) is 5.91 Å². The number of anilines is 1. The van der Waals surface area contributed by atoms with Gasteiger partial charge in [0.1, 0.15) is 5.75 Å². The maximum absolute atomic E-state index is 13.4. The summed E-state index contributed by atoms with van der Waals surface area (Å²) >= 11 is 0. The molecule has 1 fully saturated rings. The zero-order chi connectivity index (χ0) is 18.0. The van der Waals surface area contributed by atoms with Crippen molar-refractivity contribution in [2.45, 2.75) is 24.9 Å². The highest BCUT2D eigenvalue weighted by Crippen LogP contribution is 2.40. The summed E-state index contributed by atoms with van der Waals surface area (Å²) in [5.74, 6) is -0.208. The Morgan fingerprint density at radius 1 is 1.04 bits per heavy atom. The molecule has 1 amide bonds. The first-order chi connectivity index (χ1) is 11.9. The molecule has 0 aliphatic carbocycles. The summed E-state index contributed by atoms with van der Waals surface area (Å²) in [6.07, 6.45) is -6.13. The minimum atomic E-state index is -4.59. The van der Waals surface area contributed by atoms with Crippen molar-refractivity contribution in [1.82, 2.24) is 0 Å². The van der Waals surface area contributed by atoms with Crippen molar-refractivity contribution in [2.75, 3.05) is 12.0 Å². The van der Waals surface area contributed by atoms with E-state index >= 15 is 0 Å². The number of hydrogen-bond donors (Lipinski definition) is 0. The second-order valence-electron chi connectivity index (χ2n) is 5.61. The fourth-order valence-corrected chi connectivity index (χ4v) is 2.73. The molecule has 2 aromatic rings. The molecular formula is C18H16F3NO3. The van der Waals surface area contributed by atoms with Gasteiger partial charge in [-0.15, -0.1) is 0 Å². The second kappa shape index (κ2) is 6.76. The van der Waals surface area contributed by atoms with Crippen LogP contribution < -0.4 is 9.64 Å². The molecule has 2 atom stereocenters. The van der Waals surface area contributed by atoms with E-state index in [0.29, 0.717) is 11.3 Å². The molecule has 0 unspecified atom stereocenters. The maximum atomic E-state index is 13.4. The number of methoxy groups -OCH3 is 1. The number of carbonyl (C=O) groups is 1. The number of β-lactam (4-membered cyclic amide) rings is 1. The van der Waals surface area contributed by atoms with Crippen LogP contribution in [-0.2, 0) is 16.1 Å². The van der Waals surface area contributed by atoms with Gasteiger partial charge in [-0.05, 0) is 29.8 Å². The summed E-state index contributed by atoms with van der Waals surface area (Å²) in [5, 5.41) is 0. The molecule has 0 aromatic heterocycles. The summed E-state index contributed by atoms with van der Waals surface area (Å²) < 4.78 is 50.6. The van der Waals surface area contributed by atoms with Gasteiger partial charge in [-0.2, -0.15) is 13.2 Å². The average Bonchev–Trinajstić information content (AvgIpc) is 2.60. The number of carbonyl (C=O) groups excluding carboxylic acids is 1. The fraction of sp³-hybridized carbons (Fsp3) is 0.278. The smallest absolute Gasteiger partial charge is 0.412 e. The molecule has 0 saturated carbocycles. The summed E-state index contributed by atoms with van der Waals surface area (Å²) in [6.45, 7) is -0.0553. The van der Waals surface area contributed by atoms with Gasteiger partial charge < -0.3 is 9.47 Å². The normalized spacial score (nSPS) is 20.3. The van der Waals surface area contributed by atoms with Gasteiger partial charge in [0.05, 0.1) is 13.7 Å². The number of hydrogen-bond acceptors (Lipinski definition) is 3. The van der Waals surface area contributed by atoms with Gasteiger partial charge in [0, 0.05) is 5.69 Å². The largest absolute Gasteiger partial charge is 0.497 e. The highest BCUT2D eigenvalue weighted by molar-refractivity contribution is 6.05. The van der Waals surface area contributed by atoms with E-state index in [2.05, 4.69) is 0 Å². The van der Waals surface area contributed by atoms with Crippen molar-refractivity contribution < 1.29 is 27.4 Å². The van der Waals surface area contributed by atoms with Gasteiger partial charge >= 0.3 is 6.18 Å². The molecule has 0 bridgehead atoms. The third kappa shape index (κ3) is 3.46. The summed E-state index contributed by atoms with van der Waals surface area (Å²) in [6, 6.07) is 12.6. The molecule has 1 aliphatic rings. The van der Waals surface area contributed by atoms with Crippen molar-refractivity contribution in [3.05, 3.63) is 60.2 Å². The summed E-state index contributed by atoms with van der Waals surface area (Å²) in [7, 11) is 1.45. The molecule has 1 heterocycles. The highest BCUT2D eigenvalue weighted by atomic mass is 19.4. The predicted molar refractivity (Wildman–Crippen MR) is 85.3 cm³/mol. The van der Waals surface area contributed by atoms with Crippen LogP contribution in [0.4, 0.5) is 18.9 Å². The standard InChI is InChI=1S/C18H16F3NO3/c1-24-14-9-7-13(8-10-14)22-16(18(19,20)21)15(17(22)23)25-11-12-5-3-2-4-6-12/h2-10,15-16H,11H2,1H3/t15-,16-/m1/s1. The lowest BCUT2D eigenvalue weighted by Crippen LogP contribution is -2.71. The highest BCUT2D eigenvalue weighted by Gasteiger charge is 2.62. The van der Waals surface area contributed by atoms with E-state index < -0.39 is 24.2 Å². The zero-order valence-electron chi connectivity index (χ0n) is 13.4. The third-order valence-corrected chi connectivity index (χ3v) is 4.00. The Morgan fingerprint density at radius 2 is 1.68 bits per heavy atom. The average molecular weight is 351 g/mol. The van der Waals surface area contributed by atoms with Gasteiger partial charge in [-0.3, -0.25) is 9.69 Å². The minimum absolute atomic E-state index is 0.0553. The maximum Gasteiger partial charge on any atom is 0.412 e. The Morgan fingerprint density at radius 3 is 2.24 bits per heavy atom. The van der Waals surface area contributed by atoms with E-state index in [-0.39, 0.29) is 12.3 Å². The van der Waals surface area contributed by atoms with Crippen LogP contribution in [0, 0.1) is 0 Å². The van der Waals surface area contributed by atoms with Gasteiger partial charge in [-0.1, -0.05) is 30.3 Å². The first-order valence-electron chi connectivity index (χ1n) is 7.61. The topological polar surface area (TPSA) is 38.8 Å². The number of benzene rings is 2. The van der Waals surface area contributed by atoms with Crippen LogP contribution in [0.3, 0.4) is 0 Å². The van der Waals surface area contributed by atoms with E-state index in [0.717, 1.165) is 4.90 Å². The Balaban J connectivity index is 1.77. The van der Waals surface area contributed by atoms with E-state index in [1.807, 2.05) is 0 Å². The van der Waals surface area contributed by atoms with E-state index in [4.69, 9.17) is 9.47 Å². The van der Waals surface area contributed by atoms with Crippen LogP contribution in [-0.4, -0.2) is 31.3 Å². The molecule has 0 radical (unpaired) electrons. The van der Waals surface area contributed by atoms with Crippen LogP contribution in [0.5, 0.6) is 5.75 Å². The number of alkyl halides is 3. The molecule has 132 valence electrons. The molecule has 1 aliphatic heterocycles. The van der Waals surface area contributed by atoms with Crippen LogP contribution >= 0.6 is 0 Å².